The van der Waals surface area contributed by atoms with Crippen LogP contribution in [-0.2, 0) is 11.3 Å². The monoisotopic (exact) mass is 377 g/mol. The molecule has 0 bridgehead atoms. The van der Waals surface area contributed by atoms with Gasteiger partial charge in [0, 0.05) is 12.1 Å². The maximum atomic E-state index is 11.7. The lowest BCUT2D eigenvalue weighted by atomic mass is 10.1. The molecule has 28 heavy (non-hydrogen) atoms. The van der Waals surface area contributed by atoms with E-state index >= 15 is 0 Å². The van der Waals surface area contributed by atoms with E-state index in [1.54, 1.807) is 6.07 Å². The molecule has 0 spiro atoms. The second-order valence-electron chi connectivity index (χ2n) is 5.94. The second kappa shape index (κ2) is 9.23. The zero-order valence-electron chi connectivity index (χ0n) is 15.0. The minimum absolute atomic E-state index is 0.0933. The van der Waals surface area contributed by atoms with E-state index in [0.29, 0.717) is 12.3 Å². The van der Waals surface area contributed by atoms with Gasteiger partial charge in [-0.05, 0) is 23.3 Å². The van der Waals surface area contributed by atoms with Crippen LogP contribution in [0.5, 0.6) is 0 Å². The Morgan fingerprint density at radius 2 is 1.75 bits per heavy atom. The van der Waals surface area contributed by atoms with Crippen molar-refractivity contribution in [1.82, 2.24) is 5.32 Å². The highest BCUT2D eigenvalue weighted by atomic mass is 16.5. The highest BCUT2D eigenvalue weighted by Crippen LogP contribution is 2.22. The lowest BCUT2D eigenvalue weighted by Gasteiger charge is -2.05. The number of amides is 1. The van der Waals surface area contributed by atoms with Crippen LogP contribution in [0.2, 0.25) is 0 Å². The van der Waals surface area contributed by atoms with Crippen LogP contribution in [0.25, 0.3) is 17.4 Å². The summed E-state index contributed by atoms with van der Waals surface area (Å²) in [5, 5.41) is 11.6. The highest BCUT2D eigenvalue weighted by Gasteiger charge is 2.09. The van der Waals surface area contributed by atoms with Gasteiger partial charge in [0.2, 0.25) is 5.76 Å². The lowest BCUT2D eigenvalue weighted by Crippen LogP contribution is -2.24. The normalized spacial score (nSPS) is 10.7. The van der Waals surface area contributed by atoms with Crippen LogP contribution in [-0.4, -0.2) is 23.7 Å². The third-order valence-corrected chi connectivity index (χ3v) is 3.90. The zero-order valence-corrected chi connectivity index (χ0v) is 15.0. The molecule has 3 rings (SSSR count). The first-order valence-electron chi connectivity index (χ1n) is 8.66. The van der Waals surface area contributed by atoms with E-state index in [-0.39, 0.29) is 12.4 Å². The van der Waals surface area contributed by atoms with E-state index < -0.39 is 12.1 Å². The number of carboxylic acids is 1. The maximum Gasteiger partial charge on any atom is 0.407 e. The smallest absolute Gasteiger partial charge is 0.407 e. The quantitative estimate of drug-likeness (QED) is 0.629. The number of hydrogen-bond acceptors (Lipinski definition) is 4. The van der Waals surface area contributed by atoms with Crippen molar-refractivity contribution in [2.24, 2.45) is 0 Å². The molecule has 1 amide bonds. The molecule has 0 atom stereocenters. The maximum absolute atomic E-state index is 11.7. The van der Waals surface area contributed by atoms with Crippen molar-refractivity contribution in [1.29, 1.82) is 0 Å². The summed E-state index contributed by atoms with van der Waals surface area (Å²) in [6.07, 6.45) is 3.20. The Hall–Kier alpha value is -3.80. The van der Waals surface area contributed by atoms with Gasteiger partial charge in [0.15, 0.2) is 0 Å². The summed E-state index contributed by atoms with van der Waals surface area (Å²) in [7, 11) is 0. The molecule has 0 aliphatic rings. The fraction of sp³-hybridized carbons (Fsp3) is 0.0909. The average Bonchev–Trinajstić information content (AvgIpc) is 3.21. The number of rotatable bonds is 7. The molecular weight excluding hydrogens is 358 g/mol. The number of ether oxygens (including phenoxy) is 1. The number of alkyl carbamates (subject to hydrolysis) is 1. The van der Waals surface area contributed by atoms with Crippen molar-refractivity contribution in [3.8, 4) is 11.3 Å². The molecule has 0 saturated heterocycles. The van der Waals surface area contributed by atoms with Crippen LogP contribution < -0.4 is 5.32 Å². The Morgan fingerprint density at radius 1 is 1.00 bits per heavy atom. The first kappa shape index (κ1) is 19.0. The molecule has 0 saturated carbocycles. The van der Waals surface area contributed by atoms with Gasteiger partial charge in [-0.25, -0.2) is 9.59 Å². The van der Waals surface area contributed by atoms with Gasteiger partial charge in [0.25, 0.3) is 0 Å². The van der Waals surface area contributed by atoms with Gasteiger partial charge in [-0.2, -0.15) is 0 Å². The number of carbonyl (C=O) groups excluding carboxylic acids is 1. The van der Waals surface area contributed by atoms with E-state index in [0.717, 1.165) is 16.7 Å². The molecule has 3 aromatic rings. The van der Waals surface area contributed by atoms with E-state index in [2.05, 4.69) is 5.32 Å². The summed E-state index contributed by atoms with van der Waals surface area (Å²) in [6, 6.07) is 20.0. The molecular formula is C22H19NO5. The van der Waals surface area contributed by atoms with Crippen LogP contribution in [0.15, 0.2) is 77.2 Å². The molecule has 0 aliphatic heterocycles. The molecule has 6 nitrogen and oxygen atoms in total. The minimum atomic E-state index is -1.10. The Labute approximate surface area is 162 Å². The van der Waals surface area contributed by atoms with Crippen LogP contribution >= 0.6 is 0 Å². The van der Waals surface area contributed by atoms with Crippen molar-refractivity contribution in [2.45, 2.75) is 6.61 Å². The summed E-state index contributed by atoms with van der Waals surface area (Å²) in [4.78, 5) is 22.5. The van der Waals surface area contributed by atoms with Crippen LogP contribution in [0.3, 0.4) is 0 Å². The fourth-order valence-corrected chi connectivity index (χ4v) is 2.48. The molecule has 142 valence electrons. The van der Waals surface area contributed by atoms with Crippen molar-refractivity contribution in [3.05, 3.63) is 89.7 Å². The highest BCUT2D eigenvalue weighted by molar-refractivity contribution is 5.85. The van der Waals surface area contributed by atoms with E-state index in [4.69, 9.17) is 14.3 Å². The Kier molecular flexibility index (Phi) is 6.25. The largest absolute Gasteiger partial charge is 0.475 e. The molecule has 0 unspecified atom stereocenters. The average molecular weight is 377 g/mol. The number of nitrogens with one attached hydrogen (secondary N) is 1. The molecule has 0 radical (unpaired) electrons. The van der Waals surface area contributed by atoms with Crippen LogP contribution in [0, 0.1) is 0 Å². The van der Waals surface area contributed by atoms with Crippen LogP contribution in [0.1, 0.15) is 21.7 Å². The number of aromatic carboxylic acids is 1. The Morgan fingerprint density at radius 3 is 2.43 bits per heavy atom. The molecule has 0 fully saturated rings. The van der Waals surface area contributed by atoms with E-state index in [1.165, 1.54) is 6.07 Å². The molecule has 1 heterocycles. The first-order chi connectivity index (χ1) is 13.6. The Balaban J connectivity index is 1.45. The first-order valence-corrected chi connectivity index (χ1v) is 8.66. The number of hydrogen-bond donors (Lipinski definition) is 2. The van der Waals surface area contributed by atoms with Crippen molar-refractivity contribution in [2.75, 3.05) is 6.54 Å². The molecule has 2 aromatic carbocycles. The van der Waals surface area contributed by atoms with Gasteiger partial charge in [0.1, 0.15) is 12.4 Å². The van der Waals surface area contributed by atoms with Crippen molar-refractivity contribution >= 4 is 18.1 Å². The zero-order chi connectivity index (χ0) is 19.8. The summed E-state index contributed by atoms with van der Waals surface area (Å²) in [5.74, 6) is -0.694. The minimum Gasteiger partial charge on any atom is -0.475 e. The number of carboxylic acid groups (broad SMARTS) is 1. The van der Waals surface area contributed by atoms with Gasteiger partial charge in [-0.3, -0.25) is 0 Å². The molecule has 1 aromatic heterocycles. The summed E-state index contributed by atoms with van der Waals surface area (Å²) in [5.41, 5.74) is 2.65. The lowest BCUT2D eigenvalue weighted by molar-refractivity contribution is 0.0663. The van der Waals surface area contributed by atoms with E-state index in [9.17, 15) is 9.59 Å². The van der Waals surface area contributed by atoms with Crippen molar-refractivity contribution in [3.63, 3.8) is 0 Å². The second-order valence-corrected chi connectivity index (χ2v) is 5.94. The molecule has 0 aliphatic carbocycles. The number of furan rings is 1. The van der Waals surface area contributed by atoms with Gasteiger partial charge in [-0.1, -0.05) is 66.7 Å². The van der Waals surface area contributed by atoms with Gasteiger partial charge in [-0.15, -0.1) is 0 Å². The third kappa shape index (κ3) is 5.35. The third-order valence-electron chi connectivity index (χ3n) is 3.90. The summed E-state index contributed by atoms with van der Waals surface area (Å²) < 4.78 is 10.4. The molecule has 6 heteroatoms. The van der Waals surface area contributed by atoms with Gasteiger partial charge >= 0.3 is 12.1 Å². The van der Waals surface area contributed by atoms with Crippen molar-refractivity contribution < 1.29 is 23.8 Å². The molecule has 2 N–H and O–H groups in total. The van der Waals surface area contributed by atoms with Gasteiger partial charge in [0.05, 0.1) is 0 Å². The topological polar surface area (TPSA) is 88.8 Å². The number of benzene rings is 2. The fourth-order valence-electron chi connectivity index (χ4n) is 2.48. The summed E-state index contributed by atoms with van der Waals surface area (Å²) >= 11 is 0. The predicted octanol–water partition coefficient (Wildman–Crippen LogP) is 4.58. The summed E-state index contributed by atoms with van der Waals surface area (Å²) in [6.45, 7) is 0.573. The van der Waals surface area contributed by atoms with E-state index in [1.807, 2.05) is 66.7 Å². The van der Waals surface area contributed by atoms with Gasteiger partial charge < -0.3 is 19.6 Å². The SMILES string of the molecule is O=C(NCC=Cc1ccc(-c2ccc(C(=O)O)o2)cc1)OCc1ccccc1. The van der Waals surface area contributed by atoms with Crippen LogP contribution in [0.4, 0.5) is 4.79 Å². The Bertz CT molecular complexity index is 958. The predicted molar refractivity (Wildman–Crippen MR) is 105 cm³/mol. The number of carbonyl (C=O) groups is 2. The standard InChI is InChI=1S/C22H19NO5/c24-21(25)20-13-12-19(28-20)18-10-8-16(9-11-18)7-4-14-23-22(26)27-15-17-5-2-1-3-6-17/h1-13H,14-15H2,(H,23,26)(H,24,25).